The molecule has 1 atom stereocenters. The number of aromatic nitrogens is 2. The minimum atomic E-state index is -0.000467. The summed E-state index contributed by atoms with van der Waals surface area (Å²) in [5, 5.41) is 2.82. The summed E-state index contributed by atoms with van der Waals surface area (Å²) in [5.41, 5.74) is 2.91. The first-order chi connectivity index (χ1) is 16.1. The summed E-state index contributed by atoms with van der Waals surface area (Å²) in [6.07, 6.45) is -0.000467. The number of ether oxygens (including phenoxy) is 2. The fourth-order valence-corrected chi connectivity index (χ4v) is 4.86. The summed E-state index contributed by atoms with van der Waals surface area (Å²) in [6.45, 7) is 7.19. The average molecular weight is 461 g/mol. The number of hydrogen-bond donors (Lipinski definition) is 0. The second-order valence-corrected chi connectivity index (χ2v) is 9.19. The van der Waals surface area contributed by atoms with Crippen LogP contribution in [0.3, 0.4) is 0 Å². The number of nitrogens with zero attached hydrogens (tertiary/aromatic N) is 4. The molecule has 4 aromatic rings. The number of aryl methyl sites for hydroxylation is 1. The van der Waals surface area contributed by atoms with Gasteiger partial charge in [0.15, 0.2) is 11.5 Å². The summed E-state index contributed by atoms with van der Waals surface area (Å²) in [5.74, 6) is 2.64. The van der Waals surface area contributed by atoms with E-state index in [1.54, 1.807) is 0 Å². The second kappa shape index (κ2) is 8.36. The zero-order chi connectivity index (χ0) is 22.4. The van der Waals surface area contributed by atoms with Crippen molar-refractivity contribution >= 4 is 39.2 Å². The van der Waals surface area contributed by atoms with E-state index in [4.69, 9.17) is 26.1 Å². The summed E-state index contributed by atoms with van der Waals surface area (Å²) in [6, 6.07) is 18.1. The summed E-state index contributed by atoms with van der Waals surface area (Å²) in [7, 11) is 0. The van der Waals surface area contributed by atoms with Crippen molar-refractivity contribution in [2.45, 2.75) is 13.0 Å². The van der Waals surface area contributed by atoms with Gasteiger partial charge in [0, 0.05) is 54.2 Å². The van der Waals surface area contributed by atoms with Crippen LogP contribution in [0.25, 0.3) is 21.8 Å². The second-order valence-electron chi connectivity index (χ2n) is 8.76. The third-order valence-electron chi connectivity index (χ3n) is 6.43. The van der Waals surface area contributed by atoms with Crippen molar-refractivity contribution in [1.82, 2.24) is 14.9 Å². The molecule has 0 N–H and O–H groups in total. The van der Waals surface area contributed by atoms with Crippen LogP contribution < -0.4 is 14.4 Å². The first kappa shape index (κ1) is 20.5. The Kier molecular flexibility index (Phi) is 5.19. The van der Waals surface area contributed by atoms with Crippen molar-refractivity contribution in [2.24, 2.45) is 0 Å². The van der Waals surface area contributed by atoms with Crippen molar-refractivity contribution in [3.63, 3.8) is 0 Å². The molecule has 1 fully saturated rings. The lowest BCUT2D eigenvalue weighted by Gasteiger charge is -2.38. The molecule has 2 aromatic heterocycles. The Morgan fingerprint density at radius 1 is 0.939 bits per heavy atom. The molecule has 7 heteroatoms. The van der Waals surface area contributed by atoms with Gasteiger partial charge in [0.2, 0.25) is 0 Å². The topological polar surface area (TPSA) is 50.7 Å². The first-order valence-electron chi connectivity index (χ1n) is 11.4. The first-order valence-corrected chi connectivity index (χ1v) is 11.7. The van der Waals surface area contributed by atoms with Crippen LogP contribution in [0.4, 0.5) is 5.82 Å². The third kappa shape index (κ3) is 4.05. The van der Waals surface area contributed by atoms with Gasteiger partial charge < -0.3 is 14.4 Å². The van der Waals surface area contributed by atoms with Crippen LogP contribution in [-0.2, 0) is 0 Å². The highest BCUT2D eigenvalue weighted by Gasteiger charge is 2.27. The van der Waals surface area contributed by atoms with Crippen LogP contribution >= 0.6 is 11.6 Å². The van der Waals surface area contributed by atoms with Gasteiger partial charge in [-0.15, -0.1) is 0 Å². The third-order valence-corrected chi connectivity index (χ3v) is 6.66. The summed E-state index contributed by atoms with van der Waals surface area (Å²) >= 11 is 6.10. The number of hydrogen-bond acceptors (Lipinski definition) is 6. The number of anilines is 1. The molecule has 6 rings (SSSR count). The Balaban J connectivity index is 1.11. The Hall–Kier alpha value is -3.09. The van der Waals surface area contributed by atoms with Crippen LogP contribution in [0.5, 0.6) is 11.5 Å². The highest BCUT2D eigenvalue weighted by atomic mass is 35.5. The van der Waals surface area contributed by atoms with E-state index >= 15 is 0 Å². The minimum Gasteiger partial charge on any atom is -0.486 e. The number of piperazine rings is 1. The zero-order valence-corrected chi connectivity index (χ0v) is 19.3. The molecule has 1 saturated heterocycles. The molecule has 2 aromatic carbocycles. The van der Waals surface area contributed by atoms with E-state index in [2.05, 4.69) is 33.0 Å². The highest BCUT2D eigenvalue weighted by Crippen LogP contribution is 2.38. The van der Waals surface area contributed by atoms with Crippen molar-refractivity contribution in [3.05, 3.63) is 65.3 Å². The fourth-order valence-electron chi connectivity index (χ4n) is 4.68. The van der Waals surface area contributed by atoms with Crippen LogP contribution in [-0.4, -0.2) is 60.3 Å². The Morgan fingerprint density at radius 3 is 2.67 bits per heavy atom. The van der Waals surface area contributed by atoms with Crippen LogP contribution in [0, 0.1) is 6.92 Å². The summed E-state index contributed by atoms with van der Waals surface area (Å²) < 4.78 is 12.5. The number of benzene rings is 2. The van der Waals surface area contributed by atoms with Crippen LogP contribution in [0.1, 0.15) is 5.69 Å². The van der Waals surface area contributed by atoms with E-state index < -0.39 is 0 Å². The van der Waals surface area contributed by atoms with Gasteiger partial charge in [-0.05, 0) is 61.5 Å². The molecular formula is C26H25ClN4O2. The lowest BCUT2D eigenvalue weighted by atomic mass is 10.1. The Morgan fingerprint density at radius 2 is 1.79 bits per heavy atom. The lowest BCUT2D eigenvalue weighted by molar-refractivity contribution is 0.0587. The normalized spacial score (nSPS) is 18.7. The van der Waals surface area contributed by atoms with Crippen molar-refractivity contribution < 1.29 is 9.47 Å². The predicted octanol–water partition coefficient (Wildman–Crippen LogP) is 4.71. The molecule has 0 radical (unpaired) electrons. The molecule has 0 spiro atoms. The number of halogens is 1. The van der Waals surface area contributed by atoms with Crippen LogP contribution in [0.2, 0.25) is 5.02 Å². The monoisotopic (exact) mass is 460 g/mol. The zero-order valence-electron chi connectivity index (χ0n) is 18.5. The number of rotatable bonds is 3. The molecule has 0 unspecified atom stereocenters. The molecule has 2 aliphatic rings. The van der Waals surface area contributed by atoms with E-state index in [0.29, 0.717) is 6.61 Å². The van der Waals surface area contributed by atoms with Crippen molar-refractivity contribution in [3.8, 4) is 11.5 Å². The quantitative estimate of drug-likeness (QED) is 0.441. The molecule has 168 valence electrons. The van der Waals surface area contributed by atoms with E-state index in [1.807, 2.05) is 43.3 Å². The van der Waals surface area contributed by atoms with E-state index in [1.165, 1.54) is 0 Å². The van der Waals surface area contributed by atoms with Crippen molar-refractivity contribution in [1.29, 1.82) is 0 Å². The van der Waals surface area contributed by atoms with E-state index in [9.17, 15) is 0 Å². The van der Waals surface area contributed by atoms with Crippen molar-refractivity contribution in [2.75, 3.05) is 44.2 Å². The standard InChI is InChI=1S/C26H25ClN4O2/c1-17-2-5-21-23(28-17)7-8-24-26(21)33-20(16-32-24)15-30-10-12-31(13-11-30)25-9-3-18-14-19(27)4-6-22(18)29-25/h2-9,14,20H,10-13,15-16H2,1H3/t20-/m0/s1. The maximum atomic E-state index is 6.41. The molecule has 2 aliphatic heterocycles. The lowest BCUT2D eigenvalue weighted by Crippen LogP contribution is -2.50. The molecule has 4 heterocycles. The van der Waals surface area contributed by atoms with Gasteiger partial charge in [0.25, 0.3) is 0 Å². The Bertz CT molecular complexity index is 1340. The van der Waals surface area contributed by atoms with Crippen LogP contribution in [0.15, 0.2) is 54.6 Å². The average Bonchev–Trinajstić information content (AvgIpc) is 2.84. The fraction of sp³-hybridized carbons (Fsp3) is 0.308. The van der Waals surface area contributed by atoms with E-state index in [-0.39, 0.29) is 6.10 Å². The highest BCUT2D eigenvalue weighted by molar-refractivity contribution is 6.31. The summed E-state index contributed by atoms with van der Waals surface area (Å²) in [4.78, 5) is 14.3. The van der Waals surface area contributed by atoms with Gasteiger partial charge in [0.1, 0.15) is 18.5 Å². The molecule has 0 amide bonds. The number of fused-ring (bicyclic) bond motifs is 4. The number of pyridine rings is 2. The maximum Gasteiger partial charge on any atom is 0.171 e. The van der Waals surface area contributed by atoms with Gasteiger partial charge in [-0.1, -0.05) is 11.6 Å². The largest absolute Gasteiger partial charge is 0.486 e. The Labute approximate surface area is 197 Å². The smallest absolute Gasteiger partial charge is 0.171 e. The molecule has 0 aliphatic carbocycles. The predicted molar refractivity (Wildman–Crippen MR) is 132 cm³/mol. The molecular weight excluding hydrogens is 436 g/mol. The minimum absolute atomic E-state index is 0.000467. The van der Waals surface area contributed by atoms with E-state index in [0.717, 1.165) is 82.6 Å². The van der Waals surface area contributed by atoms with Gasteiger partial charge in [-0.25, -0.2) is 4.98 Å². The van der Waals surface area contributed by atoms with Gasteiger partial charge in [-0.3, -0.25) is 9.88 Å². The van der Waals surface area contributed by atoms with Gasteiger partial charge in [-0.2, -0.15) is 0 Å². The molecule has 0 bridgehead atoms. The SMILES string of the molecule is Cc1ccc2c3c(ccc2n1)OC[C@H](CN1CCN(c2ccc4cc(Cl)ccc4n2)CC1)O3. The molecule has 0 saturated carbocycles. The maximum absolute atomic E-state index is 6.41. The van der Waals surface area contributed by atoms with Gasteiger partial charge in [0.05, 0.1) is 11.0 Å². The van der Waals surface area contributed by atoms with Gasteiger partial charge >= 0.3 is 0 Å². The molecule has 33 heavy (non-hydrogen) atoms. The molecule has 6 nitrogen and oxygen atoms in total.